The van der Waals surface area contributed by atoms with Crippen molar-refractivity contribution in [2.45, 2.75) is 38.5 Å². The zero-order valence-electron chi connectivity index (χ0n) is 12.4. The van der Waals surface area contributed by atoms with E-state index in [1.807, 2.05) is 27.7 Å². The van der Waals surface area contributed by atoms with Gasteiger partial charge in [-0.05, 0) is 27.7 Å². The number of hydrogen-bond donors (Lipinski definition) is 1. The van der Waals surface area contributed by atoms with E-state index < -0.39 is 17.2 Å². The lowest BCUT2D eigenvalue weighted by molar-refractivity contribution is 0.528. The molecule has 0 aliphatic heterocycles. The number of rotatable bonds is 4. The molecule has 0 saturated carbocycles. The zero-order chi connectivity index (χ0) is 15.6. The zero-order valence-corrected chi connectivity index (χ0v) is 13.2. The maximum absolute atomic E-state index is 12.9. The van der Waals surface area contributed by atoms with E-state index in [2.05, 4.69) is 19.8 Å². The minimum absolute atomic E-state index is 0.207. The molecule has 2 aromatic heterocycles. The van der Waals surface area contributed by atoms with Gasteiger partial charge in [-0.15, -0.1) is 4.72 Å². The fourth-order valence-electron chi connectivity index (χ4n) is 1.50. The summed E-state index contributed by atoms with van der Waals surface area (Å²) in [6, 6.07) is -0.207. The third kappa shape index (κ3) is 3.99. The van der Waals surface area contributed by atoms with E-state index in [-0.39, 0.29) is 10.8 Å². The first-order valence-corrected chi connectivity index (χ1v) is 7.63. The van der Waals surface area contributed by atoms with Crippen molar-refractivity contribution >= 4 is 11.4 Å². The van der Waals surface area contributed by atoms with E-state index in [0.29, 0.717) is 11.5 Å². The molecule has 2 atom stereocenters. The first kappa shape index (κ1) is 15.9. The Balaban J connectivity index is 2.08. The minimum atomic E-state index is -1.19. The monoisotopic (exact) mass is 311 g/mol. The Kier molecular flexibility index (Phi) is 4.60. The van der Waals surface area contributed by atoms with Crippen molar-refractivity contribution in [1.82, 2.24) is 24.5 Å². The lowest BCUT2D eigenvalue weighted by atomic mass is 10.3. The first-order valence-electron chi connectivity index (χ1n) is 6.48. The topological polar surface area (TPSA) is 78.7 Å². The van der Waals surface area contributed by atoms with Gasteiger partial charge < -0.3 is 4.55 Å². The fraction of sp³-hybridized carbons (Fsp3) is 0.462. The summed E-state index contributed by atoms with van der Waals surface area (Å²) in [6.45, 7) is 7.54. The number of nitrogens with one attached hydrogen (secondary N) is 1. The Labute approximate surface area is 126 Å². The second-order valence-electron chi connectivity index (χ2n) is 5.62. The maximum atomic E-state index is 12.9. The molecular weight excluding hydrogens is 293 g/mol. The van der Waals surface area contributed by atoms with E-state index in [1.165, 1.54) is 17.1 Å². The van der Waals surface area contributed by atoms with Crippen molar-refractivity contribution in [3.8, 4) is 5.82 Å². The molecule has 8 heteroatoms. The molecule has 21 heavy (non-hydrogen) atoms. The maximum Gasteiger partial charge on any atom is 0.171 e. The minimum Gasteiger partial charge on any atom is -0.598 e. The summed E-state index contributed by atoms with van der Waals surface area (Å²) in [5.41, 5.74) is 0.656. The van der Waals surface area contributed by atoms with Crippen molar-refractivity contribution in [3.63, 3.8) is 0 Å². The van der Waals surface area contributed by atoms with Crippen molar-refractivity contribution in [3.05, 3.63) is 36.3 Å². The SMILES string of the molecule is CC(N[S@+]([O-])C(C)(C)C)c1cnc(-n2cc(F)cn2)cn1. The van der Waals surface area contributed by atoms with Crippen LogP contribution in [-0.4, -0.2) is 29.0 Å². The summed E-state index contributed by atoms with van der Waals surface area (Å²) in [7, 11) is 0. The van der Waals surface area contributed by atoms with Gasteiger partial charge in [-0.1, -0.05) is 0 Å². The van der Waals surface area contributed by atoms with Crippen LogP contribution in [0, 0.1) is 5.82 Å². The van der Waals surface area contributed by atoms with Crippen LogP contribution in [0.25, 0.3) is 5.82 Å². The standard InChI is InChI=1S/C13H18FN5OS/c1-9(18-21(20)13(2,3)4)11-6-16-12(7-15-11)19-8-10(14)5-17-19/h5-9,18H,1-4H3/t9?,21-/m1/s1. The van der Waals surface area contributed by atoms with E-state index in [0.717, 1.165) is 6.20 Å². The molecule has 2 aromatic rings. The highest BCUT2D eigenvalue weighted by Crippen LogP contribution is 2.18. The lowest BCUT2D eigenvalue weighted by Crippen LogP contribution is -2.40. The molecule has 0 spiro atoms. The van der Waals surface area contributed by atoms with Crippen molar-refractivity contribution in [1.29, 1.82) is 0 Å². The molecule has 6 nitrogen and oxygen atoms in total. The summed E-state index contributed by atoms with van der Waals surface area (Å²) in [5.74, 6) is -0.0109. The molecule has 1 N–H and O–H groups in total. The molecule has 0 fully saturated rings. The highest BCUT2D eigenvalue weighted by atomic mass is 32.2. The van der Waals surface area contributed by atoms with Crippen LogP contribution < -0.4 is 4.72 Å². The van der Waals surface area contributed by atoms with Crippen molar-refractivity contribution in [2.24, 2.45) is 0 Å². The predicted octanol–water partition coefficient (Wildman–Crippen LogP) is 1.91. The third-order valence-electron chi connectivity index (χ3n) is 2.73. The van der Waals surface area contributed by atoms with Crippen LogP contribution in [0.1, 0.15) is 39.4 Å². The number of aromatic nitrogens is 4. The lowest BCUT2D eigenvalue weighted by Gasteiger charge is -2.26. The molecule has 2 rings (SSSR count). The van der Waals surface area contributed by atoms with Gasteiger partial charge >= 0.3 is 0 Å². The van der Waals surface area contributed by atoms with Gasteiger partial charge in [0, 0.05) is 11.4 Å². The van der Waals surface area contributed by atoms with E-state index >= 15 is 0 Å². The van der Waals surface area contributed by atoms with Gasteiger partial charge in [-0.3, -0.25) is 4.98 Å². The number of hydrogen-bond acceptors (Lipinski definition) is 5. The van der Waals surface area contributed by atoms with Crippen molar-refractivity contribution < 1.29 is 8.94 Å². The van der Waals surface area contributed by atoms with Crippen LogP contribution >= 0.6 is 0 Å². The van der Waals surface area contributed by atoms with Crippen LogP contribution in [-0.2, 0) is 11.4 Å². The molecule has 0 aliphatic carbocycles. The summed E-state index contributed by atoms with van der Waals surface area (Å²) >= 11 is -1.19. The van der Waals surface area contributed by atoms with Gasteiger partial charge in [0.1, 0.15) is 4.75 Å². The molecule has 0 aromatic carbocycles. The first-order chi connectivity index (χ1) is 9.77. The van der Waals surface area contributed by atoms with Gasteiger partial charge in [0.15, 0.2) is 11.6 Å². The fourth-order valence-corrected chi connectivity index (χ4v) is 2.29. The van der Waals surface area contributed by atoms with Gasteiger partial charge in [0.25, 0.3) is 0 Å². The normalized spacial score (nSPS) is 15.0. The average Bonchev–Trinajstić information content (AvgIpc) is 2.84. The molecule has 0 amide bonds. The molecule has 1 unspecified atom stereocenters. The Bertz CT molecular complexity index is 595. The summed E-state index contributed by atoms with van der Waals surface area (Å²) < 4.78 is 28.9. The Morgan fingerprint density at radius 1 is 1.29 bits per heavy atom. The molecule has 0 bridgehead atoms. The van der Waals surface area contributed by atoms with Gasteiger partial charge in [0.05, 0.1) is 36.5 Å². The quantitative estimate of drug-likeness (QED) is 0.873. The van der Waals surface area contributed by atoms with E-state index in [9.17, 15) is 8.94 Å². The van der Waals surface area contributed by atoms with Crippen LogP contribution in [0.4, 0.5) is 4.39 Å². The third-order valence-corrected chi connectivity index (χ3v) is 4.41. The largest absolute Gasteiger partial charge is 0.598 e. The summed E-state index contributed by atoms with van der Waals surface area (Å²) in [6.07, 6.45) is 5.39. The van der Waals surface area contributed by atoms with Crippen molar-refractivity contribution in [2.75, 3.05) is 0 Å². The Morgan fingerprint density at radius 2 is 2.00 bits per heavy atom. The second kappa shape index (κ2) is 6.08. The van der Waals surface area contributed by atoms with Crippen LogP contribution in [0.2, 0.25) is 0 Å². The van der Waals surface area contributed by atoms with Gasteiger partial charge in [-0.2, -0.15) is 5.10 Å². The molecule has 2 heterocycles. The average molecular weight is 311 g/mol. The molecule has 0 saturated heterocycles. The van der Waals surface area contributed by atoms with Crippen LogP contribution in [0.3, 0.4) is 0 Å². The second-order valence-corrected chi connectivity index (χ2v) is 7.62. The number of halogens is 1. The molecular formula is C13H18FN5OS. The van der Waals surface area contributed by atoms with Crippen LogP contribution in [0.5, 0.6) is 0 Å². The number of nitrogens with zero attached hydrogens (tertiary/aromatic N) is 4. The van der Waals surface area contributed by atoms with E-state index in [4.69, 9.17) is 0 Å². The molecule has 0 aliphatic rings. The Hall–Kier alpha value is -1.51. The highest BCUT2D eigenvalue weighted by molar-refractivity contribution is 7.90. The summed E-state index contributed by atoms with van der Waals surface area (Å²) in [5, 5.41) is 3.82. The van der Waals surface area contributed by atoms with Gasteiger partial charge in [0.2, 0.25) is 0 Å². The molecule has 114 valence electrons. The molecule has 0 radical (unpaired) electrons. The Morgan fingerprint density at radius 3 is 2.48 bits per heavy atom. The van der Waals surface area contributed by atoms with Crippen LogP contribution in [0.15, 0.2) is 24.8 Å². The highest BCUT2D eigenvalue weighted by Gasteiger charge is 2.28. The van der Waals surface area contributed by atoms with Gasteiger partial charge in [-0.25, -0.2) is 14.1 Å². The smallest absolute Gasteiger partial charge is 0.171 e. The van der Waals surface area contributed by atoms with E-state index in [1.54, 1.807) is 6.20 Å². The summed E-state index contributed by atoms with van der Waals surface area (Å²) in [4.78, 5) is 8.44. The predicted molar refractivity (Wildman–Crippen MR) is 78.6 cm³/mol.